The van der Waals surface area contributed by atoms with Crippen LogP contribution in [0.1, 0.15) is 48.3 Å². The Morgan fingerprint density at radius 3 is 2.64 bits per heavy atom. The second kappa shape index (κ2) is 10.6. The van der Waals surface area contributed by atoms with Crippen molar-refractivity contribution in [1.29, 1.82) is 0 Å². The number of alkyl halides is 2. The van der Waals surface area contributed by atoms with Gasteiger partial charge in [0.25, 0.3) is 6.43 Å². The lowest BCUT2D eigenvalue weighted by Gasteiger charge is -2.27. The number of carbonyl (C=O) groups excluding carboxylic acids is 1. The molecule has 190 valence electrons. The van der Waals surface area contributed by atoms with Gasteiger partial charge in [0, 0.05) is 38.9 Å². The number of aryl methyl sites for hydroxylation is 1. The first kappa shape index (κ1) is 25.6. The summed E-state index contributed by atoms with van der Waals surface area (Å²) in [5.74, 6) is 0.0753. The average molecular weight is 499 g/mol. The summed E-state index contributed by atoms with van der Waals surface area (Å²) >= 11 is 0. The molecule has 3 heterocycles. The Balaban J connectivity index is 1.61. The van der Waals surface area contributed by atoms with E-state index in [4.69, 9.17) is 0 Å². The van der Waals surface area contributed by atoms with Crippen LogP contribution < -0.4 is 5.32 Å². The molecule has 2 aromatic heterocycles. The molecular weight excluding hydrogens is 469 g/mol. The molecule has 4 rings (SSSR count). The van der Waals surface area contributed by atoms with Crippen molar-refractivity contribution >= 4 is 28.3 Å². The number of nitrogens with one attached hydrogen (secondary N) is 1. The standard InChI is InChI=1S/C26H29F3N6O/c1-15(19-6-5-7-20(23(19)27)24(28)29)31-26-21-12-18(13-30-25(21)32-16(2)33-26)17-8-10-35(11-9-17)14-22(36)34(3)4/h5-8,12-13,15,24H,9-11,14H2,1-4H3,(H,30,31,32,33). The maximum absolute atomic E-state index is 14.7. The first-order chi connectivity index (χ1) is 17.1. The van der Waals surface area contributed by atoms with E-state index in [0.717, 1.165) is 30.2 Å². The molecule has 1 atom stereocenters. The van der Waals surface area contributed by atoms with Crippen LogP contribution in [0.25, 0.3) is 16.6 Å². The van der Waals surface area contributed by atoms with Gasteiger partial charge in [-0.25, -0.2) is 28.1 Å². The number of rotatable bonds is 7. The molecule has 1 amide bonds. The van der Waals surface area contributed by atoms with E-state index in [2.05, 4.69) is 31.2 Å². The van der Waals surface area contributed by atoms with Gasteiger partial charge in [-0.05, 0) is 37.5 Å². The number of amides is 1. The van der Waals surface area contributed by atoms with Crippen LogP contribution in [0.3, 0.4) is 0 Å². The molecule has 1 N–H and O–H groups in total. The van der Waals surface area contributed by atoms with Gasteiger partial charge in [-0.15, -0.1) is 0 Å². The SMILES string of the molecule is Cc1nc(NC(C)c2cccc(C(F)F)c2F)c2cc(C3=CCN(CC(=O)N(C)C)CC3)cnc2n1. The van der Waals surface area contributed by atoms with Gasteiger partial charge in [0.15, 0.2) is 5.65 Å². The molecule has 1 aliphatic rings. The second-order valence-corrected chi connectivity index (χ2v) is 9.13. The number of benzene rings is 1. The molecule has 3 aromatic rings. The Kier molecular flexibility index (Phi) is 7.53. The number of hydrogen-bond donors (Lipinski definition) is 1. The Hall–Kier alpha value is -3.53. The van der Waals surface area contributed by atoms with Crippen molar-refractivity contribution in [1.82, 2.24) is 24.8 Å². The fourth-order valence-corrected chi connectivity index (χ4v) is 4.21. The lowest BCUT2D eigenvalue weighted by Crippen LogP contribution is -2.38. The third-order valence-corrected chi connectivity index (χ3v) is 6.30. The topological polar surface area (TPSA) is 74.2 Å². The zero-order valence-electron chi connectivity index (χ0n) is 20.7. The molecule has 0 aliphatic carbocycles. The molecule has 36 heavy (non-hydrogen) atoms. The van der Waals surface area contributed by atoms with E-state index in [0.29, 0.717) is 35.8 Å². The van der Waals surface area contributed by atoms with Crippen LogP contribution in [0.4, 0.5) is 19.0 Å². The van der Waals surface area contributed by atoms with Crippen molar-refractivity contribution in [3.63, 3.8) is 0 Å². The molecule has 7 nitrogen and oxygen atoms in total. The predicted octanol–water partition coefficient (Wildman–Crippen LogP) is 4.76. The largest absolute Gasteiger partial charge is 0.363 e. The zero-order valence-corrected chi connectivity index (χ0v) is 20.7. The Bertz CT molecular complexity index is 1310. The molecule has 1 aliphatic heterocycles. The third-order valence-electron chi connectivity index (χ3n) is 6.30. The van der Waals surface area contributed by atoms with E-state index in [1.807, 2.05) is 6.07 Å². The smallest absolute Gasteiger partial charge is 0.266 e. The third kappa shape index (κ3) is 5.48. The molecule has 1 aromatic carbocycles. The van der Waals surface area contributed by atoms with Gasteiger partial charge in [-0.3, -0.25) is 9.69 Å². The van der Waals surface area contributed by atoms with Crippen LogP contribution in [-0.4, -0.2) is 64.4 Å². The van der Waals surface area contributed by atoms with Gasteiger partial charge < -0.3 is 10.2 Å². The minimum atomic E-state index is -2.90. The van der Waals surface area contributed by atoms with Crippen LogP contribution >= 0.6 is 0 Å². The summed E-state index contributed by atoms with van der Waals surface area (Å²) in [6.45, 7) is 5.20. The molecule has 0 saturated carbocycles. The van der Waals surface area contributed by atoms with Crippen LogP contribution in [0, 0.1) is 12.7 Å². The lowest BCUT2D eigenvalue weighted by atomic mass is 10.00. The number of carbonyl (C=O) groups is 1. The van der Waals surface area contributed by atoms with Gasteiger partial charge in [0.05, 0.1) is 23.5 Å². The average Bonchev–Trinajstić information content (AvgIpc) is 2.84. The van der Waals surface area contributed by atoms with E-state index in [9.17, 15) is 18.0 Å². The molecule has 0 fully saturated rings. The summed E-state index contributed by atoms with van der Waals surface area (Å²) in [5, 5.41) is 3.83. The van der Waals surface area contributed by atoms with E-state index in [1.165, 1.54) is 12.1 Å². The molecule has 0 radical (unpaired) electrons. The molecule has 10 heteroatoms. The van der Waals surface area contributed by atoms with Crippen molar-refractivity contribution in [2.75, 3.05) is 39.0 Å². The predicted molar refractivity (Wildman–Crippen MR) is 133 cm³/mol. The van der Waals surface area contributed by atoms with Crippen molar-refractivity contribution in [2.45, 2.75) is 32.7 Å². The van der Waals surface area contributed by atoms with Crippen LogP contribution in [0.2, 0.25) is 0 Å². The fraction of sp³-hybridized carbons (Fsp3) is 0.385. The highest BCUT2D eigenvalue weighted by Crippen LogP contribution is 2.31. The zero-order chi connectivity index (χ0) is 26.0. The van der Waals surface area contributed by atoms with Gasteiger partial charge in [0.1, 0.15) is 17.5 Å². The van der Waals surface area contributed by atoms with E-state index < -0.39 is 23.8 Å². The number of anilines is 1. The van der Waals surface area contributed by atoms with Crippen molar-refractivity contribution < 1.29 is 18.0 Å². The van der Waals surface area contributed by atoms with Gasteiger partial charge in [-0.1, -0.05) is 24.3 Å². The van der Waals surface area contributed by atoms with Crippen molar-refractivity contribution in [3.8, 4) is 0 Å². The monoisotopic (exact) mass is 498 g/mol. The maximum Gasteiger partial charge on any atom is 0.266 e. The summed E-state index contributed by atoms with van der Waals surface area (Å²) in [5.41, 5.74) is 2.00. The normalized spacial score (nSPS) is 15.2. The minimum Gasteiger partial charge on any atom is -0.363 e. The Morgan fingerprint density at radius 1 is 1.22 bits per heavy atom. The number of nitrogens with zero attached hydrogens (tertiary/aromatic N) is 5. The van der Waals surface area contributed by atoms with Crippen LogP contribution in [0.5, 0.6) is 0 Å². The summed E-state index contributed by atoms with van der Waals surface area (Å²) in [6.07, 6.45) is 1.71. The number of aromatic nitrogens is 3. The van der Waals surface area contributed by atoms with Crippen LogP contribution in [0.15, 0.2) is 36.5 Å². The van der Waals surface area contributed by atoms with E-state index in [-0.39, 0.29) is 11.5 Å². The van der Waals surface area contributed by atoms with Crippen LogP contribution in [-0.2, 0) is 4.79 Å². The van der Waals surface area contributed by atoms with Crippen molar-refractivity contribution in [3.05, 3.63) is 64.9 Å². The first-order valence-corrected chi connectivity index (χ1v) is 11.7. The molecular formula is C26H29F3N6O. The van der Waals surface area contributed by atoms with Gasteiger partial charge >= 0.3 is 0 Å². The summed E-state index contributed by atoms with van der Waals surface area (Å²) in [7, 11) is 3.49. The minimum absolute atomic E-state index is 0.0621. The maximum atomic E-state index is 14.7. The van der Waals surface area contributed by atoms with Crippen molar-refractivity contribution in [2.24, 2.45) is 0 Å². The Morgan fingerprint density at radius 2 is 1.97 bits per heavy atom. The molecule has 0 saturated heterocycles. The summed E-state index contributed by atoms with van der Waals surface area (Å²) in [4.78, 5) is 29.1. The Labute approximate surface area is 208 Å². The highest BCUT2D eigenvalue weighted by atomic mass is 19.3. The second-order valence-electron chi connectivity index (χ2n) is 9.13. The quantitative estimate of drug-likeness (QED) is 0.506. The lowest BCUT2D eigenvalue weighted by molar-refractivity contribution is -0.129. The highest BCUT2D eigenvalue weighted by molar-refractivity contribution is 5.89. The number of hydrogen-bond acceptors (Lipinski definition) is 6. The summed E-state index contributed by atoms with van der Waals surface area (Å²) in [6, 6.07) is 5.31. The number of fused-ring (bicyclic) bond motifs is 1. The highest BCUT2D eigenvalue weighted by Gasteiger charge is 2.21. The number of pyridine rings is 1. The fourth-order valence-electron chi connectivity index (χ4n) is 4.21. The van der Waals surface area contributed by atoms with E-state index >= 15 is 0 Å². The first-order valence-electron chi connectivity index (χ1n) is 11.7. The molecule has 1 unspecified atom stereocenters. The van der Waals surface area contributed by atoms with E-state index in [1.54, 1.807) is 39.0 Å². The van der Waals surface area contributed by atoms with Gasteiger partial charge in [-0.2, -0.15) is 0 Å². The number of likely N-dealkylation sites (N-methyl/N-ethyl adjacent to an activating group) is 1. The molecule has 0 bridgehead atoms. The summed E-state index contributed by atoms with van der Waals surface area (Å²) < 4.78 is 41.1. The number of halogens is 3. The molecule has 0 spiro atoms. The van der Waals surface area contributed by atoms with Gasteiger partial charge in [0.2, 0.25) is 5.91 Å².